The summed E-state index contributed by atoms with van der Waals surface area (Å²) in [5.74, 6) is 2.10. The predicted octanol–water partition coefficient (Wildman–Crippen LogP) is 5.05. The molecule has 1 aliphatic heterocycles. The van der Waals surface area contributed by atoms with Crippen molar-refractivity contribution in [2.45, 2.75) is 32.6 Å². The van der Waals surface area contributed by atoms with Crippen molar-refractivity contribution in [3.63, 3.8) is 0 Å². The lowest BCUT2D eigenvalue weighted by Crippen LogP contribution is -2.48. The van der Waals surface area contributed by atoms with Gasteiger partial charge in [0.05, 0.1) is 16.2 Å². The van der Waals surface area contributed by atoms with Crippen molar-refractivity contribution < 1.29 is 0 Å². The van der Waals surface area contributed by atoms with Crippen molar-refractivity contribution in [3.05, 3.63) is 34.4 Å². The summed E-state index contributed by atoms with van der Waals surface area (Å²) >= 11 is 12.4. The molecule has 0 unspecified atom stereocenters. The quantitative estimate of drug-likeness (QED) is 0.796. The van der Waals surface area contributed by atoms with Crippen molar-refractivity contribution >= 4 is 34.8 Å². The van der Waals surface area contributed by atoms with Gasteiger partial charge in [-0.1, -0.05) is 42.3 Å². The largest absolute Gasteiger partial charge is 0.382 e. The number of rotatable bonds is 2. The fraction of sp³-hybridized carbons (Fsp3) is 0.474. The van der Waals surface area contributed by atoms with Crippen molar-refractivity contribution in [2.24, 2.45) is 11.3 Å². The molecule has 1 aliphatic carbocycles. The third-order valence-electron chi connectivity index (χ3n) is 6.20. The second kappa shape index (κ2) is 6.33. The smallest absolute Gasteiger partial charge is 0.152 e. The number of nitrogen functional groups attached to an aromatic ring is 1. The predicted molar refractivity (Wildman–Crippen MR) is 104 cm³/mol. The molecule has 132 valence electrons. The first kappa shape index (κ1) is 16.9. The van der Waals surface area contributed by atoms with E-state index in [1.807, 2.05) is 12.1 Å². The third-order valence-corrected chi connectivity index (χ3v) is 7.02. The van der Waals surface area contributed by atoms with E-state index in [0.29, 0.717) is 32.5 Å². The second-order valence-corrected chi connectivity index (χ2v) is 8.14. The summed E-state index contributed by atoms with van der Waals surface area (Å²) in [5.41, 5.74) is 8.06. The van der Waals surface area contributed by atoms with Crippen LogP contribution < -0.4 is 10.6 Å². The summed E-state index contributed by atoms with van der Waals surface area (Å²) in [5, 5.41) is 0.942. The molecule has 1 saturated heterocycles. The normalized spacial score (nSPS) is 22.0. The zero-order chi connectivity index (χ0) is 17.6. The highest BCUT2D eigenvalue weighted by Crippen LogP contribution is 2.53. The molecule has 0 bridgehead atoms. The SMILES string of the molecule is C[C@@H]1CCC12CCN(c1cnc(-c3cccc(Cl)c3Cl)c(N)n1)CC2. The molecular weight excluding hydrogens is 355 g/mol. The Labute approximate surface area is 158 Å². The molecule has 2 fully saturated rings. The van der Waals surface area contributed by atoms with Gasteiger partial charge in [0.2, 0.25) is 0 Å². The van der Waals surface area contributed by atoms with Gasteiger partial charge in [0.15, 0.2) is 5.82 Å². The second-order valence-electron chi connectivity index (χ2n) is 7.35. The van der Waals surface area contributed by atoms with E-state index in [0.717, 1.165) is 24.8 Å². The fourth-order valence-electron chi connectivity index (χ4n) is 4.21. The van der Waals surface area contributed by atoms with E-state index in [1.54, 1.807) is 12.3 Å². The molecule has 1 aromatic carbocycles. The van der Waals surface area contributed by atoms with Gasteiger partial charge >= 0.3 is 0 Å². The molecule has 2 aliphatic rings. The molecular formula is C19H22Cl2N4. The number of hydrogen-bond acceptors (Lipinski definition) is 4. The minimum Gasteiger partial charge on any atom is -0.382 e. The average Bonchev–Trinajstić information content (AvgIpc) is 2.63. The standard InChI is InChI=1S/C19H22Cl2N4/c1-12-5-6-19(12)7-9-25(10-8-19)15-11-23-17(18(22)24-15)13-3-2-4-14(20)16(13)21/h2-4,11-12H,5-10H2,1H3,(H2,22,24)/t12-/m1/s1. The molecule has 4 nitrogen and oxygen atoms in total. The Morgan fingerprint density at radius 3 is 2.56 bits per heavy atom. The molecule has 4 rings (SSSR count). The molecule has 6 heteroatoms. The van der Waals surface area contributed by atoms with Crippen LogP contribution in [0.5, 0.6) is 0 Å². The highest BCUT2D eigenvalue weighted by Gasteiger charge is 2.45. The number of halogens is 2. The van der Waals surface area contributed by atoms with Gasteiger partial charge in [-0.25, -0.2) is 9.97 Å². The molecule has 1 saturated carbocycles. The van der Waals surface area contributed by atoms with Gasteiger partial charge in [0.1, 0.15) is 11.5 Å². The van der Waals surface area contributed by atoms with Crippen molar-refractivity contribution in [3.8, 4) is 11.3 Å². The summed E-state index contributed by atoms with van der Waals surface area (Å²) in [6.07, 6.45) is 7.02. The average molecular weight is 377 g/mol. The molecule has 0 amide bonds. The van der Waals surface area contributed by atoms with E-state index in [-0.39, 0.29) is 0 Å². The van der Waals surface area contributed by atoms with Crippen LogP contribution in [-0.4, -0.2) is 23.1 Å². The number of aromatic nitrogens is 2. The van der Waals surface area contributed by atoms with Crippen molar-refractivity contribution in [1.82, 2.24) is 9.97 Å². The molecule has 1 aromatic heterocycles. The lowest BCUT2D eigenvalue weighted by atomic mass is 9.56. The fourth-order valence-corrected chi connectivity index (χ4v) is 4.60. The zero-order valence-corrected chi connectivity index (χ0v) is 15.8. The van der Waals surface area contributed by atoms with Crippen LogP contribution in [0.4, 0.5) is 11.6 Å². The molecule has 1 spiro atoms. The van der Waals surface area contributed by atoms with Crippen molar-refractivity contribution in [1.29, 1.82) is 0 Å². The van der Waals surface area contributed by atoms with Gasteiger partial charge in [-0.2, -0.15) is 0 Å². The van der Waals surface area contributed by atoms with Crippen molar-refractivity contribution in [2.75, 3.05) is 23.7 Å². The Bertz CT molecular complexity index is 800. The van der Waals surface area contributed by atoms with Crippen LogP contribution in [0.25, 0.3) is 11.3 Å². The van der Waals surface area contributed by atoms with Crippen LogP contribution in [-0.2, 0) is 0 Å². The summed E-state index contributed by atoms with van der Waals surface area (Å²) < 4.78 is 0. The van der Waals surface area contributed by atoms with E-state index < -0.39 is 0 Å². The number of anilines is 2. The van der Waals surface area contributed by atoms with Gasteiger partial charge in [-0.05, 0) is 43.1 Å². The summed E-state index contributed by atoms with van der Waals surface area (Å²) in [7, 11) is 0. The number of nitrogens with zero attached hydrogens (tertiary/aromatic N) is 3. The zero-order valence-electron chi connectivity index (χ0n) is 14.3. The highest BCUT2D eigenvalue weighted by atomic mass is 35.5. The molecule has 0 radical (unpaired) electrons. The van der Waals surface area contributed by atoms with Crippen LogP contribution >= 0.6 is 23.2 Å². The first-order valence-electron chi connectivity index (χ1n) is 8.82. The summed E-state index contributed by atoms with van der Waals surface area (Å²) in [6.45, 7) is 4.44. The minimum absolute atomic E-state index is 0.388. The van der Waals surface area contributed by atoms with Crippen LogP contribution in [0.2, 0.25) is 10.0 Å². The summed E-state index contributed by atoms with van der Waals surface area (Å²) in [6, 6.07) is 5.44. The van der Waals surface area contributed by atoms with Gasteiger partial charge < -0.3 is 10.6 Å². The topological polar surface area (TPSA) is 55.0 Å². The van der Waals surface area contributed by atoms with Crippen LogP contribution in [0, 0.1) is 11.3 Å². The summed E-state index contributed by atoms with van der Waals surface area (Å²) in [4.78, 5) is 11.4. The van der Waals surface area contributed by atoms with Crippen LogP contribution in [0.3, 0.4) is 0 Å². The lowest BCUT2D eigenvalue weighted by Gasteiger charge is -2.53. The van der Waals surface area contributed by atoms with E-state index in [9.17, 15) is 0 Å². The Morgan fingerprint density at radius 1 is 1.20 bits per heavy atom. The Morgan fingerprint density at radius 2 is 1.96 bits per heavy atom. The van der Waals surface area contributed by atoms with Gasteiger partial charge in [-0.15, -0.1) is 0 Å². The van der Waals surface area contributed by atoms with Gasteiger partial charge in [0, 0.05) is 18.7 Å². The monoisotopic (exact) mass is 376 g/mol. The maximum Gasteiger partial charge on any atom is 0.152 e. The maximum atomic E-state index is 6.29. The van der Waals surface area contributed by atoms with Crippen LogP contribution in [0.1, 0.15) is 32.6 Å². The van der Waals surface area contributed by atoms with E-state index in [4.69, 9.17) is 28.9 Å². The van der Waals surface area contributed by atoms with Gasteiger partial charge in [0.25, 0.3) is 0 Å². The number of piperidine rings is 1. The molecule has 2 heterocycles. The third kappa shape index (κ3) is 2.85. The Kier molecular flexibility index (Phi) is 4.28. The number of benzene rings is 1. The Hall–Kier alpha value is -1.52. The van der Waals surface area contributed by atoms with E-state index in [1.165, 1.54) is 25.7 Å². The Balaban J connectivity index is 1.55. The number of hydrogen-bond donors (Lipinski definition) is 1. The lowest BCUT2D eigenvalue weighted by molar-refractivity contribution is 0.0163. The number of nitrogens with two attached hydrogens (primary N) is 1. The van der Waals surface area contributed by atoms with Gasteiger partial charge in [-0.3, -0.25) is 0 Å². The maximum absolute atomic E-state index is 6.29. The van der Waals surface area contributed by atoms with Crippen LogP contribution in [0.15, 0.2) is 24.4 Å². The van der Waals surface area contributed by atoms with E-state index >= 15 is 0 Å². The minimum atomic E-state index is 0.388. The first-order chi connectivity index (χ1) is 12.0. The highest BCUT2D eigenvalue weighted by molar-refractivity contribution is 6.43. The first-order valence-corrected chi connectivity index (χ1v) is 9.58. The molecule has 25 heavy (non-hydrogen) atoms. The van der Waals surface area contributed by atoms with E-state index in [2.05, 4.69) is 21.8 Å². The molecule has 1 atom stereocenters. The molecule has 2 N–H and O–H groups in total. The molecule has 2 aromatic rings.